The number of hydrogen-bond acceptors (Lipinski definition) is 4. The molecule has 0 radical (unpaired) electrons. The zero-order valence-electron chi connectivity index (χ0n) is 11.0. The highest BCUT2D eigenvalue weighted by Gasteiger charge is 2.24. The molecular weight excluding hydrogens is 366 g/mol. The van der Waals surface area contributed by atoms with Crippen LogP contribution in [0, 0.1) is 0 Å². The predicted molar refractivity (Wildman–Crippen MR) is 81.9 cm³/mol. The van der Waals surface area contributed by atoms with E-state index < -0.39 is 20.8 Å². The minimum absolute atomic E-state index is 0.140. The number of sulfonamides is 1. The van der Waals surface area contributed by atoms with Crippen LogP contribution in [0.1, 0.15) is 12.8 Å². The minimum Gasteiger partial charge on any atom is -0.496 e. The van der Waals surface area contributed by atoms with Crippen molar-refractivity contribution in [1.29, 1.82) is 0 Å². The summed E-state index contributed by atoms with van der Waals surface area (Å²) in [6, 6.07) is 4.49. The molecule has 20 heavy (non-hydrogen) atoms. The Balaban J connectivity index is 2.14. The Kier molecular flexibility index (Phi) is 5.22. The molecular formula is C12H16BrNO4S2. The lowest BCUT2D eigenvalue weighted by atomic mass is 10.2. The zero-order valence-corrected chi connectivity index (χ0v) is 14.2. The standard InChI is InChI=1S/C12H16BrNO4S2/c1-18-12-3-2-10(8-11(12)13)20(16,17)14-9-4-6-19(15)7-5-9/h2-3,8-9,14H,4-7H2,1H3. The summed E-state index contributed by atoms with van der Waals surface area (Å²) in [5, 5.41) is 0. The van der Waals surface area contributed by atoms with Gasteiger partial charge in [-0.1, -0.05) is 0 Å². The first-order valence-electron chi connectivity index (χ1n) is 6.13. The van der Waals surface area contributed by atoms with E-state index >= 15 is 0 Å². The van der Waals surface area contributed by atoms with Crippen LogP contribution in [0.5, 0.6) is 5.75 Å². The number of hydrogen-bond donors (Lipinski definition) is 1. The Labute approximate surface area is 129 Å². The van der Waals surface area contributed by atoms with Gasteiger partial charge < -0.3 is 4.74 Å². The molecule has 5 nitrogen and oxygen atoms in total. The van der Waals surface area contributed by atoms with Crippen molar-refractivity contribution < 1.29 is 17.4 Å². The Hall–Kier alpha value is -0.440. The molecule has 0 aromatic heterocycles. The second-order valence-corrected chi connectivity index (χ2v) is 8.80. The molecule has 112 valence electrons. The van der Waals surface area contributed by atoms with Gasteiger partial charge in [0.15, 0.2) is 0 Å². The van der Waals surface area contributed by atoms with E-state index in [4.69, 9.17) is 4.74 Å². The van der Waals surface area contributed by atoms with Gasteiger partial charge in [0.1, 0.15) is 5.75 Å². The summed E-state index contributed by atoms with van der Waals surface area (Å²) in [6.45, 7) is 0. The lowest BCUT2D eigenvalue weighted by Gasteiger charge is -2.22. The molecule has 0 amide bonds. The number of halogens is 1. The van der Waals surface area contributed by atoms with E-state index in [0.717, 1.165) is 0 Å². The highest BCUT2D eigenvalue weighted by atomic mass is 79.9. The van der Waals surface area contributed by atoms with Gasteiger partial charge in [0.05, 0.1) is 16.5 Å². The number of rotatable bonds is 4. The van der Waals surface area contributed by atoms with Gasteiger partial charge in [0.2, 0.25) is 10.0 Å². The van der Waals surface area contributed by atoms with Crippen molar-refractivity contribution in [1.82, 2.24) is 4.72 Å². The van der Waals surface area contributed by atoms with Crippen LogP contribution in [0.2, 0.25) is 0 Å². The molecule has 0 aliphatic carbocycles. The van der Waals surface area contributed by atoms with Gasteiger partial charge >= 0.3 is 0 Å². The Morgan fingerprint density at radius 2 is 2.00 bits per heavy atom. The Morgan fingerprint density at radius 3 is 2.55 bits per heavy atom. The van der Waals surface area contributed by atoms with Crippen LogP contribution >= 0.6 is 15.9 Å². The average molecular weight is 382 g/mol. The summed E-state index contributed by atoms with van der Waals surface area (Å²) >= 11 is 3.28. The molecule has 0 saturated carbocycles. The van der Waals surface area contributed by atoms with Crippen LogP contribution < -0.4 is 9.46 Å². The quantitative estimate of drug-likeness (QED) is 0.860. The van der Waals surface area contributed by atoms with E-state index in [1.807, 2.05) is 0 Å². The van der Waals surface area contributed by atoms with Crippen LogP contribution in [0.4, 0.5) is 0 Å². The highest BCUT2D eigenvalue weighted by molar-refractivity contribution is 9.10. The third-order valence-electron chi connectivity index (χ3n) is 3.14. The number of nitrogens with one attached hydrogen (secondary N) is 1. The normalized spacial score (nSPS) is 23.5. The Morgan fingerprint density at radius 1 is 1.35 bits per heavy atom. The monoisotopic (exact) mass is 381 g/mol. The van der Waals surface area contributed by atoms with Crippen LogP contribution in [-0.4, -0.2) is 37.3 Å². The van der Waals surface area contributed by atoms with Crippen molar-refractivity contribution in [2.24, 2.45) is 0 Å². The number of ether oxygens (including phenoxy) is 1. The average Bonchev–Trinajstić information content (AvgIpc) is 2.41. The molecule has 1 aromatic rings. The van der Waals surface area contributed by atoms with Crippen molar-refractivity contribution in [2.75, 3.05) is 18.6 Å². The number of methoxy groups -OCH3 is 1. The predicted octanol–water partition coefficient (Wildman–Crippen LogP) is 1.65. The summed E-state index contributed by atoms with van der Waals surface area (Å²) in [7, 11) is -2.84. The fourth-order valence-corrected chi connectivity index (χ4v) is 5.34. The number of benzene rings is 1. The summed E-state index contributed by atoms with van der Waals surface area (Å²) in [5.74, 6) is 1.69. The second kappa shape index (κ2) is 6.55. The molecule has 1 heterocycles. The molecule has 1 saturated heterocycles. The van der Waals surface area contributed by atoms with Crippen molar-refractivity contribution in [3.05, 3.63) is 22.7 Å². The van der Waals surface area contributed by atoms with Gasteiger partial charge in [-0.15, -0.1) is 0 Å². The van der Waals surface area contributed by atoms with Crippen LogP contribution in [0.25, 0.3) is 0 Å². The molecule has 1 fully saturated rings. The lowest BCUT2D eigenvalue weighted by molar-refractivity contribution is 0.411. The molecule has 2 rings (SSSR count). The van der Waals surface area contributed by atoms with Gasteiger partial charge in [0, 0.05) is 28.3 Å². The molecule has 0 unspecified atom stereocenters. The molecule has 1 aliphatic rings. The highest BCUT2D eigenvalue weighted by Crippen LogP contribution is 2.27. The molecule has 8 heteroatoms. The van der Waals surface area contributed by atoms with Gasteiger partial charge in [-0.05, 0) is 47.0 Å². The Bertz CT molecular complexity index is 608. The first-order chi connectivity index (χ1) is 9.42. The summed E-state index contributed by atoms with van der Waals surface area (Å²) in [5.41, 5.74) is 0. The maximum atomic E-state index is 12.3. The smallest absolute Gasteiger partial charge is 0.240 e. The molecule has 0 atom stereocenters. The van der Waals surface area contributed by atoms with Crippen LogP contribution in [0.15, 0.2) is 27.6 Å². The van der Waals surface area contributed by atoms with Crippen molar-refractivity contribution in [2.45, 2.75) is 23.8 Å². The first kappa shape index (κ1) is 15.9. The fourth-order valence-electron chi connectivity index (χ4n) is 2.01. The van der Waals surface area contributed by atoms with Gasteiger partial charge in [-0.3, -0.25) is 4.21 Å². The largest absolute Gasteiger partial charge is 0.496 e. The van der Waals surface area contributed by atoms with E-state index in [1.165, 1.54) is 19.2 Å². The SMILES string of the molecule is COc1ccc(S(=O)(=O)NC2CCS(=O)CC2)cc1Br. The van der Waals surface area contributed by atoms with E-state index in [0.29, 0.717) is 34.6 Å². The zero-order chi connectivity index (χ0) is 14.8. The summed E-state index contributed by atoms with van der Waals surface area (Å²) in [6.07, 6.45) is 1.23. The van der Waals surface area contributed by atoms with E-state index in [-0.39, 0.29) is 10.9 Å². The van der Waals surface area contributed by atoms with Gasteiger partial charge in [-0.2, -0.15) is 0 Å². The van der Waals surface area contributed by atoms with Crippen molar-refractivity contribution in [3.63, 3.8) is 0 Å². The maximum absolute atomic E-state index is 12.3. The molecule has 1 N–H and O–H groups in total. The van der Waals surface area contributed by atoms with Crippen molar-refractivity contribution in [3.8, 4) is 5.75 Å². The second-order valence-electron chi connectivity index (χ2n) is 4.54. The molecule has 0 spiro atoms. The lowest BCUT2D eigenvalue weighted by Crippen LogP contribution is -2.39. The third-order valence-corrected chi connectivity index (χ3v) is 6.66. The van der Waals surface area contributed by atoms with Gasteiger partial charge in [-0.25, -0.2) is 13.1 Å². The molecule has 1 aliphatic heterocycles. The molecule has 0 bridgehead atoms. The van der Waals surface area contributed by atoms with Crippen LogP contribution in [0.3, 0.4) is 0 Å². The maximum Gasteiger partial charge on any atom is 0.240 e. The van der Waals surface area contributed by atoms with E-state index in [1.54, 1.807) is 6.07 Å². The minimum atomic E-state index is -3.56. The summed E-state index contributed by atoms with van der Waals surface area (Å²) < 4.78 is 44.2. The fraction of sp³-hybridized carbons (Fsp3) is 0.500. The van der Waals surface area contributed by atoms with E-state index in [9.17, 15) is 12.6 Å². The van der Waals surface area contributed by atoms with E-state index in [2.05, 4.69) is 20.7 Å². The molecule has 1 aromatic carbocycles. The summed E-state index contributed by atoms with van der Waals surface area (Å²) in [4.78, 5) is 0.192. The topological polar surface area (TPSA) is 72.5 Å². The van der Waals surface area contributed by atoms with Crippen molar-refractivity contribution >= 4 is 36.8 Å². The van der Waals surface area contributed by atoms with Crippen LogP contribution in [-0.2, 0) is 20.8 Å². The third kappa shape index (κ3) is 3.81. The van der Waals surface area contributed by atoms with Gasteiger partial charge in [0.25, 0.3) is 0 Å². The first-order valence-corrected chi connectivity index (χ1v) is 9.89.